The minimum Gasteiger partial charge on any atom is -0.487 e. The van der Waals surface area contributed by atoms with Gasteiger partial charge in [-0.25, -0.2) is 0 Å². The highest BCUT2D eigenvalue weighted by Crippen LogP contribution is 2.28. The third kappa shape index (κ3) is 3.20. The van der Waals surface area contributed by atoms with E-state index in [1.54, 1.807) is 0 Å². The van der Waals surface area contributed by atoms with E-state index in [2.05, 4.69) is 22.0 Å². The van der Waals surface area contributed by atoms with Crippen LogP contribution in [0.1, 0.15) is 49.4 Å². The largest absolute Gasteiger partial charge is 0.487 e. The fraction of sp³-hybridized carbons (Fsp3) is 0.471. The lowest BCUT2D eigenvalue weighted by atomic mass is 9.96. The monoisotopic (exact) mass is 285 g/mol. The second-order valence-corrected chi connectivity index (χ2v) is 5.84. The van der Waals surface area contributed by atoms with Gasteiger partial charge in [0.1, 0.15) is 12.4 Å². The van der Waals surface area contributed by atoms with Gasteiger partial charge in [0, 0.05) is 17.4 Å². The predicted molar refractivity (Wildman–Crippen MR) is 84.3 cm³/mol. The Bertz CT molecular complexity index is 600. The SMILES string of the molecule is Cc1c(N)cccc1OCc1ccn(C2CCCCC2)n1. The van der Waals surface area contributed by atoms with Gasteiger partial charge in [-0.1, -0.05) is 25.3 Å². The number of nitrogen functional groups attached to an aromatic ring is 1. The number of ether oxygens (including phenoxy) is 1. The van der Waals surface area contributed by atoms with E-state index in [1.165, 1.54) is 32.1 Å². The number of aromatic nitrogens is 2. The minimum absolute atomic E-state index is 0.490. The summed E-state index contributed by atoms with van der Waals surface area (Å²) in [6.07, 6.45) is 8.58. The third-order valence-electron chi connectivity index (χ3n) is 4.31. The maximum Gasteiger partial charge on any atom is 0.132 e. The van der Waals surface area contributed by atoms with Crippen molar-refractivity contribution < 1.29 is 4.74 Å². The van der Waals surface area contributed by atoms with Crippen LogP contribution in [0.2, 0.25) is 0 Å². The Balaban J connectivity index is 1.63. The molecule has 0 spiro atoms. The van der Waals surface area contributed by atoms with E-state index in [1.807, 2.05) is 25.1 Å². The molecule has 0 amide bonds. The van der Waals surface area contributed by atoms with Crippen molar-refractivity contribution in [3.05, 3.63) is 41.7 Å². The van der Waals surface area contributed by atoms with E-state index >= 15 is 0 Å². The van der Waals surface area contributed by atoms with Crippen LogP contribution >= 0.6 is 0 Å². The molecular weight excluding hydrogens is 262 g/mol. The molecule has 2 aromatic rings. The maximum absolute atomic E-state index is 5.89. The maximum atomic E-state index is 5.89. The summed E-state index contributed by atoms with van der Waals surface area (Å²) < 4.78 is 7.96. The molecule has 21 heavy (non-hydrogen) atoms. The van der Waals surface area contributed by atoms with Gasteiger partial charge in [-0.3, -0.25) is 4.68 Å². The molecule has 0 bridgehead atoms. The predicted octanol–water partition coefficient (Wildman–Crippen LogP) is 3.86. The molecular formula is C17H23N3O. The number of anilines is 1. The Kier molecular flexibility index (Phi) is 4.13. The summed E-state index contributed by atoms with van der Waals surface area (Å²) in [7, 11) is 0. The van der Waals surface area contributed by atoms with Gasteiger partial charge < -0.3 is 10.5 Å². The van der Waals surface area contributed by atoms with E-state index in [0.29, 0.717) is 12.6 Å². The molecule has 4 nitrogen and oxygen atoms in total. The number of rotatable bonds is 4. The van der Waals surface area contributed by atoms with E-state index < -0.39 is 0 Å². The fourth-order valence-electron chi connectivity index (χ4n) is 2.94. The highest BCUT2D eigenvalue weighted by atomic mass is 16.5. The molecule has 0 aliphatic heterocycles. The summed E-state index contributed by atoms with van der Waals surface area (Å²) in [5, 5.41) is 4.66. The molecule has 1 saturated carbocycles. The lowest BCUT2D eigenvalue weighted by Crippen LogP contribution is -2.13. The van der Waals surface area contributed by atoms with Crippen LogP contribution in [-0.2, 0) is 6.61 Å². The Morgan fingerprint density at radius 3 is 2.86 bits per heavy atom. The van der Waals surface area contributed by atoms with Gasteiger partial charge in [0.25, 0.3) is 0 Å². The zero-order valence-electron chi connectivity index (χ0n) is 12.6. The van der Waals surface area contributed by atoms with Gasteiger partial charge in [-0.2, -0.15) is 5.10 Å². The lowest BCUT2D eigenvalue weighted by Gasteiger charge is -2.21. The molecule has 0 atom stereocenters. The zero-order chi connectivity index (χ0) is 14.7. The molecule has 1 aliphatic rings. The van der Waals surface area contributed by atoms with E-state index in [4.69, 9.17) is 10.5 Å². The normalized spacial score (nSPS) is 16.0. The quantitative estimate of drug-likeness (QED) is 0.868. The first-order valence-corrected chi connectivity index (χ1v) is 7.76. The lowest BCUT2D eigenvalue weighted by molar-refractivity contribution is 0.289. The van der Waals surface area contributed by atoms with Crippen molar-refractivity contribution in [2.45, 2.75) is 51.7 Å². The molecule has 0 saturated heterocycles. The van der Waals surface area contributed by atoms with E-state index in [9.17, 15) is 0 Å². The highest BCUT2D eigenvalue weighted by molar-refractivity contribution is 5.53. The minimum atomic E-state index is 0.490. The first-order chi connectivity index (χ1) is 10.2. The topological polar surface area (TPSA) is 53.1 Å². The van der Waals surface area contributed by atoms with Crippen molar-refractivity contribution in [1.29, 1.82) is 0 Å². The molecule has 1 aromatic heterocycles. The molecule has 4 heteroatoms. The standard InChI is InChI=1S/C17H23N3O/c1-13-16(18)8-5-9-17(13)21-12-14-10-11-20(19-14)15-6-3-2-4-7-15/h5,8-11,15H,2-4,6-7,12,18H2,1H3. The first kappa shape index (κ1) is 14.0. The number of benzene rings is 1. The van der Waals surface area contributed by atoms with Crippen molar-refractivity contribution >= 4 is 5.69 Å². The number of nitrogens with two attached hydrogens (primary N) is 1. The van der Waals surface area contributed by atoms with Crippen molar-refractivity contribution in [1.82, 2.24) is 9.78 Å². The Morgan fingerprint density at radius 2 is 2.05 bits per heavy atom. The number of hydrogen-bond acceptors (Lipinski definition) is 3. The molecule has 0 unspecified atom stereocenters. The van der Waals surface area contributed by atoms with Crippen molar-refractivity contribution in [3.63, 3.8) is 0 Å². The summed E-state index contributed by atoms with van der Waals surface area (Å²) >= 11 is 0. The third-order valence-corrected chi connectivity index (χ3v) is 4.31. The molecule has 1 aromatic carbocycles. The van der Waals surface area contributed by atoms with E-state index in [0.717, 1.165) is 22.7 Å². The van der Waals surface area contributed by atoms with Crippen molar-refractivity contribution in [2.24, 2.45) is 0 Å². The van der Waals surface area contributed by atoms with E-state index in [-0.39, 0.29) is 0 Å². The van der Waals surface area contributed by atoms with Gasteiger partial charge in [0.05, 0.1) is 11.7 Å². The molecule has 2 N–H and O–H groups in total. The molecule has 1 aliphatic carbocycles. The molecule has 1 heterocycles. The average Bonchev–Trinajstić information content (AvgIpc) is 2.99. The van der Waals surface area contributed by atoms with Crippen LogP contribution < -0.4 is 10.5 Å². The average molecular weight is 285 g/mol. The molecule has 3 rings (SSSR count). The fourth-order valence-corrected chi connectivity index (χ4v) is 2.94. The summed E-state index contributed by atoms with van der Waals surface area (Å²) in [6.45, 7) is 2.47. The van der Waals surface area contributed by atoms with Crippen LogP contribution in [-0.4, -0.2) is 9.78 Å². The highest BCUT2D eigenvalue weighted by Gasteiger charge is 2.16. The zero-order valence-corrected chi connectivity index (χ0v) is 12.6. The van der Waals surface area contributed by atoms with Crippen molar-refractivity contribution in [2.75, 3.05) is 5.73 Å². The van der Waals surface area contributed by atoms with Crippen LogP contribution in [0.25, 0.3) is 0 Å². The Hall–Kier alpha value is -1.97. The summed E-state index contributed by atoms with van der Waals surface area (Å²) in [5.74, 6) is 0.835. The Labute approximate surface area is 125 Å². The second-order valence-electron chi connectivity index (χ2n) is 5.84. The van der Waals surface area contributed by atoms with Gasteiger partial charge in [0.2, 0.25) is 0 Å². The van der Waals surface area contributed by atoms with Crippen molar-refractivity contribution in [3.8, 4) is 5.75 Å². The smallest absolute Gasteiger partial charge is 0.132 e. The Morgan fingerprint density at radius 1 is 1.24 bits per heavy atom. The van der Waals surface area contributed by atoms with Crippen LogP contribution in [0.3, 0.4) is 0 Å². The van der Waals surface area contributed by atoms with Crippen LogP contribution in [0.4, 0.5) is 5.69 Å². The number of nitrogens with zero attached hydrogens (tertiary/aromatic N) is 2. The van der Waals surface area contributed by atoms with Gasteiger partial charge in [-0.05, 0) is 38.0 Å². The summed E-state index contributed by atoms with van der Waals surface area (Å²) in [6, 6.07) is 8.37. The number of hydrogen-bond donors (Lipinski definition) is 1. The molecule has 112 valence electrons. The molecule has 1 fully saturated rings. The van der Waals surface area contributed by atoms with Gasteiger partial charge in [0.15, 0.2) is 0 Å². The molecule has 0 radical (unpaired) electrons. The van der Waals surface area contributed by atoms with Crippen LogP contribution in [0, 0.1) is 6.92 Å². The van der Waals surface area contributed by atoms with Crippen LogP contribution in [0.5, 0.6) is 5.75 Å². The summed E-state index contributed by atoms with van der Waals surface area (Å²) in [5.41, 5.74) is 8.62. The second kappa shape index (κ2) is 6.20. The first-order valence-electron chi connectivity index (χ1n) is 7.76. The van der Waals surface area contributed by atoms with Gasteiger partial charge >= 0.3 is 0 Å². The van der Waals surface area contributed by atoms with Crippen LogP contribution in [0.15, 0.2) is 30.5 Å². The summed E-state index contributed by atoms with van der Waals surface area (Å²) in [4.78, 5) is 0. The van der Waals surface area contributed by atoms with Gasteiger partial charge in [-0.15, -0.1) is 0 Å².